The van der Waals surface area contributed by atoms with Crippen LogP contribution in [0.5, 0.6) is 0 Å². The number of aromatic amines is 1. The number of nitrogens with one attached hydrogen (secondary N) is 1. The molecule has 7 heteroatoms. The second-order valence-corrected chi connectivity index (χ2v) is 9.75. The molecule has 3 aromatic carbocycles. The van der Waals surface area contributed by atoms with E-state index in [0.29, 0.717) is 19.5 Å². The summed E-state index contributed by atoms with van der Waals surface area (Å²) >= 11 is 1.61. The normalized spacial score (nSPS) is 15.7. The van der Waals surface area contributed by atoms with Gasteiger partial charge in [-0.3, -0.25) is 4.79 Å². The minimum absolute atomic E-state index is 0.254. The number of hydrogen-bond donors (Lipinski definition) is 2. The van der Waals surface area contributed by atoms with E-state index in [-0.39, 0.29) is 11.7 Å². The first-order valence-corrected chi connectivity index (χ1v) is 12.3. The van der Waals surface area contributed by atoms with E-state index < -0.39 is 5.97 Å². The van der Waals surface area contributed by atoms with Crippen molar-refractivity contribution < 1.29 is 14.3 Å². The summed E-state index contributed by atoms with van der Waals surface area (Å²) in [6, 6.07) is 22.9. The van der Waals surface area contributed by atoms with Gasteiger partial charge in [0.05, 0.1) is 16.5 Å². The number of hydrogen-bond acceptors (Lipinski definition) is 4. The molecule has 0 spiro atoms. The second kappa shape index (κ2) is 8.67. The van der Waals surface area contributed by atoms with Crippen molar-refractivity contribution in [2.75, 3.05) is 18.0 Å². The lowest BCUT2D eigenvalue weighted by atomic mass is 10.0. The van der Waals surface area contributed by atoms with Crippen LogP contribution in [0.15, 0.2) is 79.0 Å². The Labute approximate surface area is 205 Å². The Bertz CT molecular complexity index is 1520. The number of nitrogens with zero attached hydrogens (tertiary/aromatic N) is 2. The van der Waals surface area contributed by atoms with Crippen molar-refractivity contribution in [3.05, 3.63) is 84.8 Å². The van der Waals surface area contributed by atoms with Crippen LogP contribution in [0.1, 0.15) is 6.42 Å². The average Bonchev–Trinajstić information content (AvgIpc) is 3.63. The van der Waals surface area contributed by atoms with Crippen LogP contribution in [0.3, 0.4) is 0 Å². The molecule has 1 saturated heterocycles. The van der Waals surface area contributed by atoms with Crippen LogP contribution >= 0.6 is 11.3 Å². The van der Waals surface area contributed by atoms with E-state index in [0.717, 1.165) is 48.9 Å². The lowest BCUT2D eigenvalue weighted by Crippen LogP contribution is -2.22. The zero-order valence-corrected chi connectivity index (χ0v) is 19.6. The molecule has 3 heterocycles. The van der Waals surface area contributed by atoms with Gasteiger partial charge < -0.3 is 15.0 Å². The van der Waals surface area contributed by atoms with Crippen molar-refractivity contribution in [3.63, 3.8) is 0 Å². The number of H-pyrrole nitrogens is 1. The Kier molecular flexibility index (Phi) is 5.34. The van der Waals surface area contributed by atoms with Crippen LogP contribution in [-0.2, 0) is 4.79 Å². The lowest BCUT2D eigenvalue weighted by molar-refractivity contribution is -0.140. The van der Waals surface area contributed by atoms with Crippen molar-refractivity contribution in [2.45, 2.75) is 6.42 Å². The number of carbonyl (C=O) groups is 1. The van der Waals surface area contributed by atoms with Gasteiger partial charge in [-0.1, -0.05) is 59.9 Å². The van der Waals surface area contributed by atoms with Gasteiger partial charge in [0.1, 0.15) is 5.82 Å². The van der Waals surface area contributed by atoms with Crippen molar-refractivity contribution in [3.8, 4) is 32.8 Å². The number of carboxylic acids is 1. The van der Waals surface area contributed by atoms with E-state index in [1.165, 1.54) is 12.1 Å². The molecule has 1 unspecified atom stereocenters. The number of thiazole rings is 1. The Morgan fingerprint density at radius 1 is 1.00 bits per heavy atom. The Hall–Kier alpha value is -3.97. The molecule has 1 atom stereocenters. The standard InChI is InChI=1S/C28H22FN3O2S/c29-21-10-8-18(9-11-21)17-4-6-19(7-5-17)25-26(23-2-1-3-24-22(23)12-14-30-24)35-28(31-25)32-15-13-20(16-32)27(33)34/h1-12,14,20,30H,13,15-16H2,(H,33,34). The first kappa shape index (κ1) is 21.6. The fraction of sp³-hybridized carbons (Fsp3) is 0.143. The molecular formula is C28H22FN3O2S. The van der Waals surface area contributed by atoms with Gasteiger partial charge in [-0.2, -0.15) is 0 Å². The highest BCUT2D eigenvalue weighted by molar-refractivity contribution is 7.19. The molecule has 35 heavy (non-hydrogen) atoms. The van der Waals surface area contributed by atoms with Gasteiger partial charge in [0, 0.05) is 41.3 Å². The van der Waals surface area contributed by atoms with E-state index in [4.69, 9.17) is 4.98 Å². The predicted molar refractivity (Wildman–Crippen MR) is 138 cm³/mol. The number of fused-ring (bicyclic) bond motifs is 1. The van der Waals surface area contributed by atoms with Crippen LogP contribution in [0, 0.1) is 11.7 Å². The van der Waals surface area contributed by atoms with Gasteiger partial charge in [-0.05, 0) is 41.8 Å². The fourth-order valence-corrected chi connectivity index (χ4v) is 5.87. The van der Waals surface area contributed by atoms with Crippen molar-refractivity contribution in [1.29, 1.82) is 0 Å². The van der Waals surface area contributed by atoms with Crippen molar-refractivity contribution in [1.82, 2.24) is 9.97 Å². The molecule has 0 aliphatic carbocycles. The highest BCUT2D eigenvalue weighted by Crippen LogP contribution is 2.44. The molecule has 6 rings (SSSR count). The van der Waals surface area contributed by atoms with Gasteiger partial charge in [-0.15, -0.1) is 0 Å². The first-order valence-electron chi connectivity index (χ1n) is 11.5. The molecular weight excluding hydrogens is 461 g/mol. The molecule has 1 aliphatic heterocycles. The maximum atomic E-state index is 13.3. The van der Waals surface area contributed by atoms with E-state index in [2.05, 4.69) is 28.1 Å². The summed E-state index contributed by atoms with van der Waals surface area (Å²) in [7, 11) is 0. The summed E-state index contributed by atoms with van der Waals surface area (Å²) in [6.07, 6.45) is 2.56. The second-order valence-electron chi connectivity index (χ2n) is 8.77. The number of halogens is 1. The summed E-state index contributed by atoms with van der Waals surface area (Å²) in [6.45, 7) is 1.15. The van der Waals surface area contributed by atoms with Gasteiger partial charge in [0.25, 0.3) is 0 Å². The van der Waals surface area contributed by atoms with Crippen LogP contribution in [0.2, 0.25) is 0 Å². The Morgan fingerprint density at radius 2 is 1.71 bits per heavy atom. The summed E-state index contributed by atoms with van der Waals surface area (Å²) in [5.41, 5.74) is 5.97. The highest BCUT2D eigenvalue weighted by atomic mass is 32.1. The van der Waals surface area contributed by atoms with Gasteiger partial charge in [0.2, 0.25) is 0 Å². The van der Waals surface area contributed by atoms with E-state index in [1.54, 1.807) is 23.5 Å². The zero-order chi connectivity index (χ0) is 23.9. The molecule has 2 aromatic heterocycles. The minimum atomic E-state index is -0.752. The van der Waals surface area contributed by atoms with Crippen LogP contribution in [0.25, 0.3) is 43.7 Å². The maximum absolute atomic E-state index is 13.3. The Balaban J connectivity index is 1.44. The van der Waals surface area contributed by atoms with E-state index in [1.807, 2.05) is 36.5 Å². The number of anilines is 1. The summed E-state index contributed by atoms with van der Waals surface area (Å²) < 4.78 is 13.3. The summed E-state index contributed by atoms with van der Waals surface area (Å²) in [5.74, 6) is -1.37. The number of aromatic nitrogens is 2. The van der Waals surface area contributed by atoms with Gasteiger partial charge in [0.15, 0.2) is 5.13 Å². The van der Waals surface area contributed by atoms with Crippen molar-refractivity contribution in [2.24, 2.45) is 5.92 Å². The van der Waals surface area contributed by atoms with E-state index >= 15 is 0 Å². The van der Waals surface area contributed by atoms with Crippen molar-refractivity contribution >= 4 is 33.3 Å². The lowest BCUT2D eigenvalue weighted by Gasteiger charge is -2.13. The smallest absolute Gasteiger partial charge is 0.308 e. The third kappa shape index (κ3) is 3.98. The fourth-order valence-electron chi connectivity index (χ4n) is 4.70. The molecule has 0 saturated carbocycles. The third-order valence-corrected chi connectivity index (χ3v) is 7.75. The summed E-state index contributed by atoms with van der Waals surface area (Å²) in [5, 5.41) is 11.4. The largest absolute Gasteiger partial charge is 0.481 e. The van der Waals surface area contributed by atoms with Crippen LogP contribution in [-0.4, -0.2) is 34.1 Å². The number of carboxylic acid groups (broad SMARTS) is 1. The molecule has 0 radical (unpaired) electrons. The number of aliphatic carboxylic acids is 1. The molecule has 174 valence electrons. The average molecular weight is 484 g/mol. The number of benzene rings is 3. The maximum Gasteiger partial charge on any atom is 0.308 e. The minimum Gasteiger partial charge on any atom is -0.481 e. The van der Waals surface area contributed by atoms with Gasteiger partial charge in [-0.25, -0.2) is 9.37 Å². The molecule has 5 aromatic rings. The molecule has 0 amide bonds. The zero-order valence-electron chi connectivity index (χ0n) is 18.7. The molecule has 0 bridgehead atoms. The van der Waals surface area contributed by atoms with Crippen LogP contribution < -0.4 is 4.90 Å². The third-order valence-electron chi connectivity index (χ3n) is 6.60. The SMILES string of the molecule is O=C(O)C1CCN(c2nc(-c3ccc(-c4ccc(F)cc4)cc3)c(-c3cccc4[nH]ccc34)s2)C1. The monoisotopic (exact) mass is 483 g/mol. The summed E-state index contributed by atoms with van der Waals surface area (Å²) in [4.78, 5) is 23.0. The van der Waals surface area contributed by atoms with Crippen LogP contribution in [0.4, 0.5) is 9.52 Å². The molecule has 2 N–H and O–H groups in total. The first-order chi connectivity index (χ1) is 17.1. The van der Waals surface area contributed by atoms with E-state index in [9.17, 15) is 14.3 Å². The highest BCUT2D eigenvalue weighted by Gasteiger charge is 2.30. The number of rotatable bonds is 5. The molecule has 1 fully saturated rings. The predicted octanol–water partition coefficient (Wildman–Crippen LogP) is 6.68. The quantitative estimate of drug-likeness (QED) is 0.293. The topological polar surface area (TPSA) is 69.2 Å². The Morgan fingerprint density at radius 3 is 2.43 bits per heavy atom. The van der Waals surface area contributed by atoms with Gasteiger partial charge >= 0.3 is 5.97 Å². The molecule has 1 aliphatic rings. The molecule has 5 nitrogen and oxygen atoms in total.